The van der Waals surface area contributed by atoms with Crippen LogP contribution in [0.1, 0.15) is 6.92 Å². The Labute approximate surface area is 142 Å². The van der Waals surface area contributed by atoms with Crippen LogP contribution in [0, 0.1) is 0 Å². The number of hydrogen-bond acceptors (Lipinski definition) is 2. The van der Waals surface area contributed by atoms with E-state index < -0.39 is 0 Å². The van der Waals surface area contributed by atoms with Crippen LogP contribution in [0.15, 0.2) is 47.4 Å². The summed E-state index contributed by atoms with van der Waals surface area (Å²) in [6.07, 6.45) is 0. The average molecular weight is 361 g/mol. The molecule has 1 amide bonds. The number of benzene rings is 2. The van der Waals surface area contributed by atoms with Crippen molar-refractivity contribution < 1.29 is 4.79 Å². The molecule has 6 heteroatoms. The summed E-state index contributed by atoms with van der Waals surface area (Å²) in [5, 5.41) is 4.15. The third-order valence-electron chi connectivity index (χ3n) is 2.68. The maximum absolute atomic E-state index is 12.2. The van der Waals surface area contributed by atoms with Gasteiger partial charge in [-0.25, -0.2) is 0 Å². The smallest absolute Gasteiger partial charge is 0.237 e. The Morgan fingerprint density at radius 1 is 1.05 bits per heavy atom. The van der Waals surface area contributed by atoms with Crippen LogP contribution < -0.4 is 5.32 Å². The normalized spacial score (nSPS) is 12.0. The van der Waals surface area contributed by atoms with Crippen molar-refractivity contribution in [1.82, 2.24) is 0 Å². The van der Waals surface area contributed by atoms with Gasteiger partial charge in [-0.3, -0.25) is 4.79 Å². The van der Waals surface area contributed by atoms with Crippen molar-refractivity contribution in [2.75, 3.05) is 5.32 Å². The van der Waals surface area contributed by atoms with Crippen LogP contribution in [-0.4, -0.2) is 11.2 Å². The summed E-state index contributed by atoms with van der Waals surface area (Å²) in [6.45, 7) is 1.83. The number of nitrogens with one attached hydrogen (secondary N) is 1. The third-order valence-corrected chi connectivity index (χ3v) is 4.61. The van der Waals surface area contributed by atoms with Gasteiger partial charge < -0.3 is 5.32 Å². The minimum absolute atomic E-state index is 0.140. The highest BCUT2D eigenvalue weighted by Gasteiger charge is 2.16. The molecule has 2 nitrogen and oxygen atoms in total. The first-order chi connectivity index (χ1) is 9.95. The Balaban J connectivity index is 2.02. The maximum atomic E-state index is 12.2. The largest absolute Gasteiger partial charge is 0.324 e. The number of halogens is 3. The molecule has 0 saturated carbocycles. The first-order valence-electron chi connectivity index (χ1n) is 6.14. The number of carbonyl (C=O) groups excluding carboxylic acids is 1. The number of thioether (sulfide) groups is 1. The number of rotatable bonds is 4. The Morgan fingerprint density at radius 2 is 1.67 bits per heavy atom. The third kappa shape index (κ3) is 4.82. The van der Waals surface area contributed by atoms with Crippen molar-refractivity contribution in [2.45, 2.75) is 17.1 Å². The van der Waals surface area contributed by atoms with Crippen molar-refractivity contribution in [2.24, 2.45) is 0 Å². The van der Waals surface area contributed by atoms with E-state index in [4.69, 9.17) is 34.8 Å². The predicted octanol–water partition coefficient (Wildman–Crippen LogP) is 5.77. The molecule has 0 heterocycles. The first-order valence-corrected chi connectivity index (χ1v) is 8.15. The summed E-state index contributed by atoms with van der Waals surface area (Å²) in [4.78, 5) is 13.2. The molecule has 0 spiro atoms. The minimum Gasteiger partial charge on any atom is -0.324 e. The van der Waals surface area contributed by atoms with E-state index in [0.29, 0.717) is 20.8 Å². The van der Waals surface area contributed by atoms with Gasteiger partial charge in [-0.1, -0.05) is 34.8 Å². The number of carbonyl (C=O) groups is 1. The van der Waals surface area contributed by atoms with Crippen LogP contribution in [0.3, 0.4) is 0 Å². The van der Waals surface area contributed by atoms with E-state index in [0.717, 1.165) is 4.90 Å². The van der Waals surface area contributed by atoms with E-state index in [9.17, 15) is 4.79 Å². The molecule has 0 aliphatic carbocycles. The van der Waals surface area contributed by atoms with E-state index in [1.54, 1.807) is 30.3 Å². The van der Waals surface area contributed by atoms with Crippen molar-refractivity contribution in [3.63, 3.8) is 0 Å². The van der Waals surface area contributed by atoms with Crippen molar-refractivity contribution >= 4 is 58.2 Å². The molecule has 2 aromatic rings. The fraction of sp³-hybridized carbons (Fsp3) is 0.133. The van der Waals surface area contributed by atoms with Gasteiger partial charge in [0, 0.05) is 14.9 Å². The van der Waals surface area contributed by atoms with Crippen molar-refractivity contribution in [3.8, 4) is 0 Å². The summed E-state index contributed by atoms with van der Waals surface area (Å²) >= 11 is 19.2. The van der Waals surface area contributed by atoms with Gasteiger partial charge in [0.2, 0.25) is 5.91 Å². The Hall–Kier alpha value is -0.870. The fourth-order valence-electron chi connectivity index (χ4n) is 1.60. The SMILES string of the molecule is CC(Sc1ccc(Cl)cc1)C(=O)Nc1cc(Cl)ccc1Cl. The van der Waals surface area contributed by atoms with Crippen LogP contribution in [-0.2, 0) is 4.79 Å². The standard InChI is InChI=1S/C15H12Cl3NOS/c1-9(21-12-5-2-10(16)3-6-12)15(20)19-14-8-11(17)4-7-13(14)18/h2-9H,1H3,(H,19,20). The van der Waals surface area contributed by atoms with Gasteiger partial charge in [0.05, 0.1) is 16.0 Å². The zero-order valence-corrected chi connectivity index (χ0v) is 14.2. The lowest BCUT2D eigenvalue weighted by atomic mass is 10.3. The molecule has 0 aliphatic rings. The second-order valence-electron chi connectivity index (χ2n) is 4.33. The molecule has 1 atom stereocenters. The molecular formula is C15H12Cl3NOS. The number of anilines is 1. The van der Waals surface area contributed by atoms with Crippen LogP contribution in [0.25, 0.3) is 0 Å². The molecule has 110 valence electrons. The summed E-state index contributed by atoms with van der Waals surface area (Å²) in [7, 11) is 0. The summed E-state index contributed by atoms with van der Waals surface area (Å²) in [6, 6.07) is 12.3. The van der Waals surface area contributed by atoms with Crippen LogP contribution in [0.4, 0.5) is 5.69 Å². The zero-order chi connectivity index (χ0) is 15.4. The summed E-state index contributed by atoms with van der Waals surface area (Å²) in [5.74, 6) is -0.140. The molecule has 2 rings (SSSR count). The lowest BCUT2D eigenvalue weighted by Gasteiger charge is -2.13. The molecule has 1 N–H and O–H groups in total. The van der Waals surface area contributed by atoms with Gasteiger partial charge in [-0.15, -0.1) is 11.8 Å². The Kier molecular flexibility index (Phi) is 5.82. The van der Waals surface area contributed by atoms with E-state index in [2.05, 4.69) is 5.32 Å². The molecule has 0 saturated heterocycles. The summed E-state index contributed by atoms with van der Waals surface area (Å²) < 4.78 is 0. The zero-order valence-electron chi connectivity index (χ0n) is 11.1. The Bertz CT molecular complexity index is 646. The summed E-state index contributed by atoms with van der Waals surface area (Å²) in [5.41, 5.74) is 0.512. The molecule has 0 radical (unpaired) electrons. The number of amides is 1. The van der Waals surface area contributed by atoms with Gasteiger partial charge in [0.25, 0.3) is 0 Å². The quantitative estimate of drug-likeness (QED) is 0.702. The highest BCUT2D eigenvalue weighted by molar-refractivity contribution is 8.00. The second-order valence-corrected chi connectivity index (χ2v) is 7.02. The van der Waals surface area contributed by atoms with Crippen LogP contribution in [0.5, 0.6) is 0 Å². The van der Waals surface area contributed by atoms with E-state index >= 15 is 0 Å². The second kappa shape index (κ2) is 7.41. The average Bonchev–Trinajstić information content (AvgIpc) is 2.45. The lowest BCUT2D eigenvalue weighted by Crippen LogP contribution is -2.22. The molecule has 1 unspecified atom stereocenters. The van der Waals surface area contributed by atoms with E-state index in [1.165, 1.54) is 11.8 Å². The Morgan fingerprint density at radius 3 is 2.33 bits per heavy atom. The van der Waals surface area contributed by atoms with Crippen LogP contribution in [0.2, 0.25) is 15.1 Å². The molecule has 21 heavy (non-hydrogen) atoms. The van der Waals surface area contributed by atoms with E-state index in [-0.39, 0.29) is 11.2 Å². The minimum atomic E-state index is -0.277. The molecule has 0 aromatic heterocycles. The highest BCUT2D eigenvalue weighted by Crippen LogP contribution is 2.28. The first kappa shape index (κ1) is 16.5. The predicted molar refractivity (Wildman–Crippen MR) is 91.9 cm³/mol. The lowest BCUT2D eigenvalue weighted by molar-refractivity contribution is -0.115. The molecule has 2 aromatic carbocycles. The van der Waals surface area contributed by atoms with Gasteiger partial charge in [-0.2, -0.15) is 0 Å². The van der Waals surface area contributed by atoms with Gasteiger partial charge in [0.15, 0.2) is 0 Å². The maximum Gasteiger partial charge on any atom is 0.237 e. The van der Waals surface area contributed by atoms with Gasteiger partial charge >= 0.3 is 0 Å². The van der Waals surface area contributed by atoms with Crippen molar-refractivity contribution in [3.05, 3.63) is 57.5 Å². The van der Waals surface area contributed by atoms with Crippen molar-refractivity contribution in [1.29, 1.82) is 0 Å². The molecule has 0 bridgehead atoms. The monoisotopic (exact) mass is 359 g/mol. The molecule has 0 aliphatic heterocycles. The topological polar surface area (TPSA) is 29.1 Å². The molecule has 0 fully saturated rings. The fourth-order valence-corrected chi connectivity index (χ4v) is 2.93. The van der Waals surface area contributed by atoms with Gasteiger partial charge in [-0.05, 0) is 49.4 Å². The van der Waals surface area contributed by atoms with E-state index in [1.807, 2.05) is 19.1 Å². The highest BCUT2D eigenvalue weighted by atomic mass is 35.5. The van der Waals surface area contributed by atoms with Gasteiger partial charge in [0.1, 0.15) is 0 Å². The molecular weight excluding hydrogens is 349 g/mol. The number of hydrogen-bond donors (Lipinski definition) is 1. The van der Waals surface area contributed by atoms with Crippen LogP contribution >= 0.6 is 46.6 Å².